The fraction of sp³-hybridized carbons (Fsp3) is 0.400. The van der Waals surface area contributed by atoms with Gasteiger partial charge in [0.1, 0.15) is 0 Å². The third-order valence-electron chi connectivity index (χ3n) is 3.35. The second-order valence-corrected chi connectivity index (χ2v) is 7.56. The summed E-state index contributed by atoms with van der Waals surface area (Å²) in [4.78, 5) is 39.4. The van der Waals surface area contributed by atoms with Crippen molar-refractivity contribution >= 4 is 23.1 Å². The Hall–Kier alpha value is -3.97. The van der Waals surface area contributed by atoms with E-state index < -0.39 is 120 Å². The van der Waals surface area contributed by atoms with Crippen LogP contribution in [0.25, 0.3) is 0 Å². The van der Waals surface area contributed by atoms with E-state index >= 15 is 0 Å². The molecule has 0 aliphatic carbocycles. The predicted octanol–water partition coefficient (Wildman–Crippen LogP) is 8.49. The van der Waals surface area contributed by atoms with Crippen LogP contribution in [0.4, 0.5) is 105 Å². The van der Waals surface area contributed by atoms with Crippen molar-refractivity contribution in [1.29, 1.82) is 0 Å². The summed E-state index contributed by atoms with van der Waals surface area (Å²) in [5.74, 6) is -21.3. The zero-order chi connectivity index (χ0) is 43.4. The molecule has 0 aliphatic rings. The van der Waals surface area contributed by atoms with Crippen molar-refractivity contribution in [1.82, 2.24) is 0 Å². The Labute approximate surface area is 291 Å². The Balaban J connectivity index is -0.000000192. The molecule has 0 atom stereocenters. The van der Waals surface area contributed by atoms with E-state index in [1.807, 2.05) is 0 Å². The number of ketones is 4. The average molecular weight is 1010 g/mol. The Morgan fingerprint density at radius 2 is 0.358 bits per heavy atom. The van der Waals surface area contributed by atoms with E-state index in [1.54, 1.807) is 0 Å². The van der Waals surface area contributed by atoms with E-state index in [-0.39, 0.29) is 25.8 Å². The van der Waals surface area contributed by atoms with Crippen LogP contribution < -0.4 is 0 Å². The van der Waals surface area contributed by atoms with Crippen molar-refractivity contribution in [2.24, 2.45) is 0 Å². The van der Waals surface area contributed by atoms with Crippen molar-refractivity contribution < 1.29 is 171 Å². The number of halogens is 24. The second-order valence-electron chi connectivity index (χ2n) is 7.56. The molecule has 0 saturated heterocycles. The SMILES string of the molecule is O=C(C=C(O)C(F)(F)F)C(F)(F)F.O=C(C=C(O)C(F)(F)F)C(F)(F)F.O=C(C=C(O)C(F)(F)F)C(F)(F)F.O=C(C=C(O)C(F)(F)F)C(F)(F)F.[Hf]. The molecule has 0 radical (unpaired) electrons. The second kappa shape index (κ2) is 20.5. The van der Waals surface area contributed by atoms with Crippen LogP contribution in [0.2, 0.25) is 0 Å². The summed E-state index contributed by atoms with van der Waals surface area (Å²) >= 11 is 0. The summed E-state index contributed by atoms with van der Waals surface area (Å²) in [6.45, 7) is 0. The van der Waals surface area contributed by atoms with Gasteiger partial charge in [-0.05, 0) is 0 Å². The minimum absolute atomic E-state index is 0. The third-order valence-corrected chi connectivity index (χ3v) is 3.35. The van der Waals surface area contributed by atoms with Gasteiger partial charge in [0.25, 0.3) is 23.1 Å². The number of rotatable bonds is 4. The normalized spacial score (nSPS) is 14.2. The van der Waals surface area contributed by atoms with Crippen molar-refractivity contribution in [3.63, 3.8) is 0 Å². The zero-order valence-electron chi connectivity index (χ0n) is 23.3. The number of aliphatic hydroxyl groups is 4. The number of carbonyl (C=O) groups excluding carboxylic acids is 4. The largest absolute Gasteiger partial charge is 0.504 e. The Morgan fingerprint density at radius 1 is 0.264 bits per heavy atom. The van der Waals surface area contributed by atoms with E-state index in [1.165, 1.54) is 0 Å². The molecule has 33 heteroatoms. The fourth-order valence-electron chi connectivity index (χ4n) is 1.15. The van der Waals surface area contributed by atoms with Gasteiger partial charge in [0.05, 0.1) is 0 Å². The summed E-state index contributed by atoms with van der Waals surface area (Å²) in [5, 5.41) is 31.7. The molecule has 53 heavy (non-hydrogen) atoms. The van der Waals surface area contributed by atoms with Gasteiger partial charge >= 0.3 is 49.4 Å². The van der Waals surface area contributed by atoms with Gasteiger partial charge in [-0.1, -0.05) is 0 Å². The van der Waals surface area contributed by atoms with E-state index in [4.69, 9.17) is 20.4 Å². The van der Waals surface area contributed by atoms with E-state index in [9.17, 15) is 125 Å². The van der Waals surface area contributed by atoms with Crippen LogP contribution in [0.15, 0.2) is 47.3 Å². The quantitative estimate of drug-likeness (QED) is 0.0949. The van der Waals surface area contributed by atoms with Gasteiger partial charge in [-0.25, -0.2) is 0 Å². The molecule has 0 aromatic rings. The molecule has 8 nitrogen and oxygen atoms in total. The molecule has 308 valence electrons. The van der Waals surface area contributed by atoms with Gasteiger partial charge in [0.2, 0.25) is 23.0 Å². The van der Waals surface area contributed by atoms with Crippen molar-refractivity contribution in [3.05, 3.63) is 47.3 Å². The molecular formula is C20H8F24HfO8. The molecule has 0 amide bonds. The molecule has 0 bridgehead atoms. The van der Waals surface area contributed by atoms with Gasteiger partial charge in [0.15, 0.2) is 0 Å². The maximum Gasteiger partial charge on any atom is 0.454 e. The first kappa shape index (κ1) is 58.3. The van der Waals surface area contributed by atoms with E-state index in [2.05, 4.69) is 0 Å². The first-order valence-electron chi connectivity index (χ1n) is 10.6. The molecule has 0 rings (SSSR count). The van der Waals surface area contributed by atoms with Crippen molar-refractivity contribution in [2.45, 2.75) is 49.4 Å². The number of allylic oxidation sites excluding steroid dienone is 8. The summed E-state index contributed by atoms with van der Waals surface area (Å²) in [6, 6.07) is 0. The van der Waals surface area contributed by atoms with Crippen LogP contribution in [0.3, 0.4) is 0 Å². The number of carbonyl (C=O) groups is 4. The maximum absolute atomic E-state index is 11.4. The van der Waals surface area contributed by atoms with Gasteiger partial charge in [-0.3, -0.25) is 19.2 Å². The molecule has 0 unspecified atom stereocenters. The smallest absolute Gasteiger partial charge is 0.454 e. The van der Waals surface area contributed by atoms with Crippen LogP contribution in [0, 0.1) is 0 Å². The minimum atomic E-state index is -5.42. The van der Waals surface area contributed by atoms with Gasteiger partial charge in [-0.15, -0.1) is 0 Å². The number of aliphatic hydroxyl groups excluding tert-OH is 4. The molecular weight excluding hydrogens is 1000 g/mol. The fourth-order valence-corrected chi connectivity index (χ4v) is 1.15. The van der Waals surface area contributed by atoms with Gasteiger partial charge < -0.3 is 20.4 Å². The van der Waals surface area contributed by atoms with Crippen molar-refractivity contribution in [2.75, 3.05) is 0 Å². The van der Waals surface area contributed by atoms with Crippen LogP contribution in [-0.4, -0.2) is 93.0 Å². The number of hydrogen-bond donors (Lipinski definition) is 4. The first-order chi connectivity index (χ1) is 22.2. The van der Waals surface area contributed by atoms with Crippen LogP contribution >= 0.6 is 0 Å². The van der Waals surface area contributed by atoms with Crippen molar-refractivity contribution in [3.8, 4) is 0 Å². The Morgan fingerprint density at radius 3 is 0.415 bits per heavy atom. The molecule has 4 N–H and O–H groups in total. The zero-order valence-corrected chi connectivity index (χ0v) is 26.9. The molecule has 0 spiro atoms. The van der Waals surface area contributed by atoms with Crippen LogP contribution in [-0.2, 0) is 45.0 Å². The van der Waals surface area contributed by atoms with Gasteiger partial charge in [0, 0.05) is 50.1 Å². The monoisotopic (exact) mass is 1010 g/mol. The molecule has 0 aliphatic heterocycles. The molecule has 0 aromatic heterocycles. The van der Waals surface area contributed by atoms with Gasteiger partial charge in [-0.2, -0.15) is 105 Å². The van der Waals surface area contributed by atoms with Crippen LogP contribution in [0.1, 0.15) is 0 Å². The topological polar surface area (TPSA) is 149 Å². The van der Waals surface area contributed by atoms with E-state index in [0.717, 1.165) is 0 Å². The molecule has 0 fully saturated rings. The summed E-state index contributed by atoms with van der Waals surface area (Å²) in [6.07, 6.45) is -46.7. The molecule has 0 heterocycles. The standard InChI is InChI=1S/4C5H2F6O2.Hf/c4*6-4(7,8)2(12)1-3(13)5(9,10)11;/h4*1,12H;. The number of alkyl halides is 24. The maximum atomic E-state index is 11.4. The summed E-state index contributed by atoms with van der Waals surface area (Å²) < 4.78 is 272. The predicted molar refractivity (Wildman–Crippen MR) is 111 cm³/mol. The number of hydrogen-bond acceptors (Lipinski definition) is 8. The van der Waals surface area contributed by atoms with E-state index in [0.29, 0.717) is 0 Å². The third kappa shape index (κ3) is 28.2. The first-order valence-corrected chi connectivity index (χ1v) is 10.6. The minimum Gasteiger partial charge on any atom is -0.504 e. The molecule has 0 saturated carbocycles. The Bertz CT molecular complexity index is 1150. The average Bonchev–Trinajstić information content (AvgIpc) is 2.85. The van der Waals surface area contributed by atoms with Crippen LogP contribution in [0.5, 0.6) is 0 Å². The molecule has 0 aromatic carbocycles. The summed E-state index contributed by atoms with van der Waals surface area (Å²) in [5.41, 5.74) is 0. The summed E-state index contributed by atoms with van der Waals surface area (Å²) in [7, 11) is 0. The Kier molecular flexibility index (Phi) is 22.5.